The molecule has 1 amide bonds. The van der Waals surface area contributed by atoms with Crippen molar-refractivity contribution in [2.45, 2.75) is 31.2 Å². The maximum Gasteiger partial charge on any atom is 0.231 e. The van der Waals surface area contributed by atoms with Crippen molar-refractivity contribution in [2.75, 3.05) is 13.2 Å². The number of rotatable bonds is 5. The molecule has 3 aromatic carbocycles. The molecule has 148 valence electrons. The molecule has 1 N–H and O–H groups in total. The van der Waals surface area contributed by atoms with E-state index >= 15 is 0 Å². The third-order valence-electron chi connectivity index (χ3n) is 5.93. The first-order chi connectivity index (χ1) is 14.2. The van der Waals surface area contributed by atoms with E-state index in [1.807, 2.05) is 36.4 Å². The molecule has 3 nitrogen and oxygen atoms in total. The fraction of sp³-hybridized carbons (Fsp3) is 0.269. The zero-order valence-corrected chi connectivity index (χ0v) is 16.8. The lowest BCUT2D eigenvalue weighted by atomic mass is 9.73. The number of carbonyl (C=O) groups is 1. The first kappa shape index (κ1) is 19.4. The van der Waals surface area contributed by atoms with Gasteiger partial charge in [-0.25, -0.2) is 0 Å². The second kappa shape index (κ2) is 8.62. The SMILES string of the molecule is Cc1ccc(C(NC(=O)C2(c3ccccc3)CCOCC2)c2ccccc2)cc1. The van der Waals surface area contributed by atoms with Crippen molar-refractivity contribution in [1.82, 2.24) is 5.32 Å². The van der Waals surface area contributed by atoms with Gasteiger partial charge in [-0.1, -0.05) is 90.5 Å². The lowest BCUT2D eigenvalue weighted by Crippen LogP contribution is -2.49. The zero-order chi connectivity index (χ0) is 20.1. The summed E-state index contributed by atoms with van der Waals surface area (Å²) < 4.78 is 5.60. The van der Waals surface area contributed by atoms with Crippen LogP contribution in [-0.2, 0) is 14.9 Å². The van der Waals surface area contributed by atoms with E-state index in [0.717, 1.165) is 16.7 Å². The molecule has 29 heavy (non-hydrogen) atoms. The van der Waals surface area contributed by atoms with Gasteiger partial charge < -0.3 is 10.1 Å². The molecule has 1 fully saturated rings. The molecule has 1 saturated heterocycles. The van der Waals surface area contributed by atoms with Gasteiger partial charge in [0, 0.05) is 13.2 Å². The van der Waals surface area contributed by atoms with E-state index in [1.165, 1.54) is 5.56 Å². The normalized spacial score (nSPS) is 16.7. The lowest BCUT2D eigenvalue weighted by Gasteiger charge is -2.37. The van der Waals surface area contributed by atoms with Crippen LogP contribution in [0.5, 0.6) is 0 Å². The van der Waals surface area contributed by atoms with E-state index in [0.29, 0.717) is 26.1 Å². The average molecular weight is 386 g/mol. The monoisotopic (exact) mass is 385 g/mol. The smallest absolute Gasteiger partial charge is 0.231 e. The summed E-state index contributed by atoms with van der Waals surface area (Å²) >= 11 is 0. The largest absolute Gasteiger partial charge is 0.381 e. The van der Waals surface area contributed by atoms with Crippen LogP contribution < -0.4 is 5.32 Å². The summed E-state index contributed by atoms with van der Waals surface area (Å²) in [4.78, 5) is 13.8. The number of nitrogens with one attached hydrogen (secondary N) is 1. The maximum absolute atomic E-state index is 13.8. The van der Waals surface area contributed by atoms with Gasteiger partial charge in [-0.3, -0.25) is 4.79 Å². The molecule has 1 heterocycles. The molecule has 1 aliphatic heterocycles. The molecule has 0 saturated carbocycles. The van der Waals surface area contributed by atoms with Crippen molar-refractivity contribution >= 4 is 5.91 Å². The summed E-state index contributed by atoms with van der Waals surface area (Å²) in [5, 5.41) is 3.38. The van der Waals surface area contributed by atoms with E-state index < -0.39 is 5.41 Å². The highest BCUT2D eigenvalue weighted by atomic mass is 16.5. The number of ether oxygens (including phenoxy) is 1. The Balaban J connectivity index is 1.70. The Morgan fingerprint density at radius 1 is 0.828 bits per heavy atom. The van der Waals surface area contributed by atoms with Gasteiger partial charge >= 0.3 is 0 Å². The van der Waals surface area contributed by atoms with Gasteiger partial charge in [0.25, 0.3) is 0 Å². The van der Waals surface area contributed by atoms with Crippen LogP contribution in [0, 0.1) is 6.92 Å². The third-order valence-corrected chi connectivity index (χ3v) is 5.93. The molecule has 0 spiro atoms. The highest BCUT2D eigenvalue weighted by Crippen LogP contribution is 2.36. The molecule has 3 aromatic rings. The van der Waals surface area contributed by atoms with Gasteiger partial charge in [-0.2, -0.15) is 0 Å². The Bertz CT molecular complexity index is 929. The number of hydrogen-bond donors (Lipinski definition) is 1. The maximum atomic E-state index is 13.8. The summed E-state index contributed by atoms with van der Waals surface area (Å²) in [5.41, 5.74) is 3.89. The molecule has 3 heteroatoms. The highest BCUT2D eigenvalue weighted by molar-refractivity contribution is 5.89. The number of benzene rings is 3. The topological polar surface area (TPSA) is 38.3 Å². The lowest BCUT2D eigenvalue weighted by molar-refractivity contribution is -0.131. The van der Waals surface area contributed by atoms with E-state index in [4.69, 9.17) is 4.74 Å². The van der Waals surface area contributed by atoms with E-state index in [-0.39, 0.29) is 11.9 Å². The van der Waals surface area contributed by atoms with Crippen molar-refractivity contribution < 1.29 is 9.53 Å². The molecule has 1 unspecified atom stereocenters. The van der Waals surface area contributed by atoms with Gasteiger partial charge in [-0.05, 0) is 36.5 Å². The minimum absolute atomic E-state index is 0.0708. The van der Waals surface area contributed by atoms with E-state index in [9.17, 15) is 4.79 Å². The second-order valence-corrected chi connectivity index (χ2v) is 7.79. The van der Waals surface area contributed by atoms with E-state index in [1.54, 1.807) is 0 Å². The van der Waals surface area contributed by atoms with E-state index in [2.05, 4.69) is 60.8 Å². The predicted octanol–water partition coefficient (Wildman–Crippen LogP) is 4.95. The molecule has 0 bridgehead atoms. The van der Waals surface area contributed by atoms with Crippen molar-refractivity contribution in [2.24, 2.45) is 0 Å². The van der Waals surface area contributed by atoms with Crippen molar-refractivity contribution in [3.8, 4) is 0 Å². The summed E-state index contributed by atoms with van der Waals surface area (Å²) in [7, 11) is 0. The molecule has 0 aromatic heterocycles. The Labute approximate surface area is 172 Å². The summed E-state index contributed by atoms with van der Waals surface area (Å²) in [6.07, 6.45) is 1.39. The van der Waals surface area contributed by atoms with Crippen LogP contribution in [0.2, 0.25) is 0 Å². The first-order valence-electron chi connectivity index (χ1n) is 10.2. The summed E-state index contributed by atoms with van der Waals surface area (Å²) in [5.74, 6) is 0.0708. The molecule has 1 aliphatic rings. The van der Waals surface area contributed by atoms with Crippen LogP contribution in [0.1, 0.15) is 41.1 Å². The number of amides is 1. The molecule has 0 aliphatic carbocycles. The molecular formula is C26H27NO2. The van der Waals surface area contributed by atoms with Crippen LogP contribution in [0.4, 0.5) is 0 Å². The average Bonchev–Trinajstić information content (AvgIpc) is 2.79. The Morgan fingerprint density at radius 2 is 1.38 bits per heavy atom. The number of hydrogen-bond acceptors (Lipinski definition) is 2. The van der Waals surface area contributed by atoms with Gasteiger partial charge in [0.1, 0.15) is 0 Å². The van der Waals surface area contributed by atoms with Crippen molar-refractivity contribution in [3.05, 3.63) is 107 Å². The zero-order valence-electron chi connectivity index (χ0n) is 16.8. The quantitative estimate of drug-likeness (QED) is 0.675. The van der Waals surface area contributed by atoms with Crippen molar-refractivity contribution in [1.29, 1.82) is 0 Å². The first-order valence-corrected chi connectivity index (χ1v) is 10.2. The van der Waals surface area contributed by atoms with Gasteiger partial charge in [0.05, 0.1) is 11.5 Å². The van der Waals surface area contributed by atoms with Crippen LogP contribution >= 0.6 is 0 Å². The van der Waals surface area contributed by atoms with Gasteiger partial charge in [-0.15, -0.1) is 0 Å². The Hall–Kier alpha value is -2.91. The van der Waals surface area contributed by atoms with Crippen LogP contribution in [0.3, 0.4) is 0 Å². The second-order valence-electron chi connectivity index (χ2n) is 7.79. The van der Waals surface area contributed by atoms with Crippen LogP contribution in [0.15, 0.2) is 84.9 Å². The minimum atomic E-state index is -0.558. The molecule has 0 radical (unpaired) electrons. The van der Waals surface area contributed by atoms with Crippen LogP contribution in [0.25, 0.3) is 0 Å². The summed E-state index contributed by atoms with van der Waals surface area (Å²) in [6.45, 7) is 3.28. The molecular weight excluding hydrogens is 358 g/mol. The minimum Gasteiger partial charge on any atom is -0.381 e. The third kappa shape index (κ3) is 4.10. The van der Waals surface area contributed by atoms with Gasteiger partial charge in [0.15, 0.2) is 0 Å². The Morgan fingerprint density at radius 3 is 2.00 bits per heavy atom. The molecule has 1 atom stereocenters. The molecule has 4 rings (SSSR count). The fourth-order valence-corrected chi connectivity index (χ4v) is 4.16. The number of aryl methyl sites for hydroxylation is 1. The number of carbonyl (C=O) groups excluding carboxylic acids is 1. The highest BCUT2D eigenvalue weighted by Gasteiger charge is 2.42. The Kier molecular flexibility index (Phi) is 5.77. The standard InChI is InChI=1S/C26H27NO2/c1-20-12-14-22(15-13-20)24(21-8-4-2-5-9-21)27-25(28)26(16-18-29-19-17-26)23-10-6-3-7-11-23/h2-15,24H,16-19H2,1H3,(H,27,28). The predicted molar refractivity (Wildman–Crippen MR) is 116 cm³/mol. The van der Waals surface area contributed by atoms with Gasteiger partial charge in [0.2, 0.25) is 5.91 Å². The van der Waals surface area contributed by atoms with Crippen LogP contribution in [-0.4, -0.2) is 19.1 Å². The fourth-order valence-electron chi connectivity index (χ4n) is 4.16. The van der Waals surface area contributed by atoms with Crippen molar-refractivity contribution in [3.63, 3.8) is 0 Å². The summed E-state index contributed by atoms with van der Waals surface area (Å²) in [6, 6.07) is 28.5.